The number of halogens is 1. The predicted molar refractivity (Wildman–Crippen MR) is 41.9 cm³/mol. The fourth-order valence-electron chi connectivity index (χ4n) is 0.314. The van der Waals surface area contributed by atoms with Crippen LogP contribution in [0, 0.1) is 0 Å². The molecule has 0 aliphatic rings. The summed E-state index contributed by atoms with van der Waals surface area (Å²) in [5.41, 5.74) is 0. The Morgan fingerprint density at radius 1 is 1.60 bits per heavy atom. The first-order chi connectivity index (χ1) is 4.54. The van der Waals surface area contributed by atoms with Crippen LogP contribution in [0.4, 0.5) is 3.89 Å². The standard InChI is InChI=1S/C4H10FNO2S2/c1-6(2)10-4(7,8-3)9-5/h7H,1-3H3. The SMILES string of the molecule is COC(O)(SF)SN(C)C. The van der Waals surface area contributed by atoms with Gasteiger partial charge in [-0.15, -0.1) is 0 Å². The van der Waals surface area contributed by atoms with E-state index in [0.717, 1.165) is 11.9 Å². The first-order valence-corrected chi connectivity index (χ1v) is 3.97. The van der Waals surface area contributed by atoms with E-state index in [9.17, 15) is 3.89 Å². The molecule has 0 fully saturated rings. The summed E-state index contributed by atoms with van der Waals surface area (Å²) in [6, 6.07) is 0. The van der Waals surface area contributed by atoms with Crippen LogP contribution in [0.25, 0.3) is 0 Å². The van der Waals surface area contributed by atoms with Gasteiger partial charge in [-0.2, -0.15) is 3.89 Å². The lowest BCUT2D eigenvalue weighted by Gasteiger charge is -2.22. The van der Waals surface area contributed by atoms with Crippen molar-refractivity contribution in [3.8, 4) is 0 Å². The molecule has 0 aromatic rings. The van der Waals surface area contributed by atoms with Gasteiger partial charge in [-0.3, -0.25) is 4.31 Å². The summed E-state index contributed by atoms with van der Waals surface area (Å²) in [6.45, 7) is 0. The smallest absolute Gasteiger partial charge is 0.312 e. The van der Waals surface area contributed by atoms with E-state index in [-0.39, 0.29) is 12.1 Å². The van der Waals surface area contributed by atoms with Crippen molar-refractivity contribution >= 4 is 24.1 Å². The van der Waals surface area contributed by atoms with Gasteiger partial charge in [0, 0.05) is 19.1 Å². The lowest BCUT2D eigenvalue weighted by molar-refractivity contribution is -0.0360. The zero-order valence-electron chi connectivity index (χ0n) is 6.00. The largest absolute Gasteiger partial charge is 0.346 e. The predicted octanol–water partition coefficient (Wildman–Crippen LogP) is 1.06. The monoisotopic (exact) mass is 187 g/mol. The van der Waals surface area contributed by atoms with E-state index in [0.29, 0.717) is 0 Å². The lowest BCUT2D eigenvalue weighted by atomic mass is 11.3. The van der Waals surface area contributed by atoms with E-state index < -0.39 is 4.45 Å². The summed E-state index contributed by atoms with van der Waals surface area (Å²) in [5, 5.41) is 9.09. The highest BCUT2D eigenvalue weighted by Crippen LogP contribution is 2.36. The average molecular weight is 187 g/mol. The second-order valence-corrected chi connectivity index (χ2v) is 4.14. The minimum absolute atomic E-state index is 0.245. The minimum atomic E-state index is -1.80. The Morgan fingerprint density at radius 3 is 2.20 bits per heavy atom. The summed E-state index contributed by atoms with van der Waals surface area (Å²) in [7, 11) is 4.61. The van der Waals surface area contributed by atoms with Crippen LogP contribution in [0.3, 0.4) is 0 Å². The lowest BCUT2D eigenvalue weighted by Crippen LogP contribution is -2.25. The molecule has 0 radical (unpaired) electrons. The van der Waals surface area contributed by atoms with Crippen molar-refractivity contribution < 1.29 is 13.7 Å². The average Bonchev–Trinajstić information content (AvgIpc) is 1.87. The molecule has 0 rings (SSSR count). The van der Waals surface area contributed by atoms with Crippen molar-refractivity contribution in [2.45, 2.75) is 4.45 Å². The number of hydrogen-bond donors (Lipinski definition) is 1. The minimum Gasteiger partial charge on any atom is -0.346 e. The molecule has 1 atom stereocenters. The first-order valence-electron chi connectivity index (χ1n) is 2.48. The molecule has 3 nitrogen and oxygen atoms in total. The molecule has 0 heterocycles. The maximum atomic E-state index is 11.9. The van der Waals surface area contributed by atoms with Crippen LogP contribution in [0.15, 0.2) is 0 Å². The quantitative estimate of drug-likeness (QED) is 0.525. The van der Waals surface area contributed by atoms with E-state index in [4.69, 9.17) is 5.11 Å². The molecule has 0 aromatic heterocycles. The fraction of sp³-hybridized carbons (Fsp3) is 1.00. The molecule has 6 heteroatoms. The van der Waals surface area contributed by atoms with E-state index >= 15 is 0 Å². The number of methoxy groups -OCH3 is 1. The van der Waals surface area contributed by atoms with Gasteiger partial charge in [-0.25, -0.2) is 0 Å². The highest BCUT2D eigenvalue weighted by Gasteiger charge is 2.30. The van der Waals surface area contributed by atoms with Crippen molar-refractivity contribution in [2.75, 3.05) is 21.2 Å². The third-order valence-electron chi connectivity index (χ3n) is 0.653. The van der Waals surface area contributed by atoms with Gasteiger partial charge in [-0.1, -0.05) is 0 Å². The van der Waals surface area contributed by atoms with E-state index in [1.165, 1.54) is 7.11 Å². The van der Waals surface area contributed by atoms with Gasteiger partial charge in [0.1, 0.15) is 12.1 Å². The van der Waals surface area contributed by atoms with Crippen LogP contribution in [0.1, 0.15) is 0 Å². The van der Waals surface area contributed by atoms with Crippen LogP contribution in [-0.2, 0) is 4.74 Å². The number of ether oxygens (including phenoxy) is 1. The van der Waals surface area contributed by atoms with Crippen LogP contribution < -0.4 is 0 Å². The molecule has 1 N–H and O–H groups in total. The van der Waals surface area contributed by atoms with Gasteiger partial charge < -0.3 is 9.84 Å². The summed E-state index contributed by atoms with van der Waals surface area (Å²) in [6.07, 6.45) is 0. The highest BCUT2D eigenvalue weighted by molar-refractivity contribution is 8.14. The molecule has 0 saturated heterocycles. The van der Waals surface area contributed by atoms with Gasteiger partial charge in [0.25, 0.3) is 0 Å². The van der Waals surface area contributed by atoms with Crippen LogP contribution >= 0.6 is 24.1 Å². The molecule has 0 aliphatic carbocycles. The van der Waals surface area contributed by atoms with Crippen molar-refractivity contribution in [1.29, 1.82) is 0 Å². The van der Waals surface area contributed by atoms with E-state index in [1.807, 2.05) is 0 Å². The normalized spacial score (nSPS) is 17.4. The Balaban J connectivity index is 3.80. The molecular formula is C4H10FNO2S2. The van der Waals surface area contributed by atoms with E-state index in [1.54, 1.807) is 18.4 Å². The highest BCUT2D eigenvalue weighted by atomic mass is 32.2. The Labute approximate surface area is 68.3 Å². The second-order valence-electron chi connectivity index (χ2n) is 1.71. The molecule has 10 heavy (non-hydrogen) atoms. The number of hydrogen-bond acceptors (Lipinski definition) is 5. The Hall–Kier alpha value is 0.510. The molecule has 1 unspecified atom stereocenters. The Bertz CT molecular complexity index is 99.3. The van der Waals surface area contributed by atoms with Crippen molar-refractivity contribution in [2.24, 2.45) is 0 Å². The van der Waals surface area contributed by atoms with Gasteiger partial charge >= 0.3 is 4.45 Å². The summed E-state index contributed by atoms with van der Waals surface area (Å²) in [4.78, 5) is 0. The zero-order valence-corrected chi connectivity index (χ0v) is 7.63. The first kappa shape index (κ1) is 10.5. The molecule has 0 aromatic carbocycles. The summed E-state index contributed by atoms with van der Waals surface area (Å²) < 4.78 is 16.1. The second kappa shape index (κ2) is 4.40. The molecule has 62 valence electrons. The maximum Gasteiger partial charge on any atom is 0.312 e. The molecule has 0 aliphatic heterocycles. The van der Waals surface area contributed by atoms with Crippen LogP contribution in [0.2, 0.25) is 0 Å². The zero-order chi connectivity index (χ0) is 8.20. The molecule has 0 bridgehead atoms. The third kappa shape index (κ3) is 3.62. The molecule has 0 saturated carbocycles. The molecule has 0 amide bonds. The Kier molecular flexibility index (Phi) is 4.63. The fourth-order valence-corrected chi connectivity index (χ4v) is 1.47. The number of nitrogens with zero attached hydrogens (tertiary/aromatic N) is 1. The summed E-state index contributed by atoms with van der Waals surface area (Å²) >= 11 is 0.612. The van der Waals surface area contributed by atoms with Crippen LogP contribution in [0.5, 0.6) is 0 Å². The maximum absolute atomic E-state index is 11.9. The molecule has 0 spiro atoms. The van der Waals surface area contributed by atoms with Gasteiger partial charge in [0.15, 0.2) is 0 Å². The molecular weight excluding hydrogens is 177 g/mol. The number of aliphatic hydroxyl groups is 1. The number of rotatable bonds is 4. The van der Waals surface area contributed by atoms with Gasteiger partial charge in [-0.05, 0) is 14.1 Å². The Morgan fingerprint density at radius 2 is 2.10 bits per heavy atom. The van der Waals surface area contributed by atoms with Gasteiger partial charge in [0.2, 0.25) is 0 Å². The van der Waals surface area contributed by atoms with E-state index in [2.05, 4.69) is 4.74 Å². The van der Waals surface area contributed by atoms with Crippen molar-refractivity contribution in [3.63, 3.8) is 0 Å². The van der Waals surface area contributed by atoms with Crippen LogP contribution in [-0.4, -0.2) is 35.1 Å². The summed E-state index contributed by atoms with van der Waals surface area (Å²) in [5.74, 6) is 0. The topological polar surface area (TPSA) is 32.7 Å². The van der Waals surface area contributed by atoms with Crippen molar-refractivity contribution in [1.82, 2.24) is 4.31 Å². The van der Waals surface area contributed by atoms with Crippen molar-refractivity contribution in [3.05, 3.63) is 0 Å². The third-order valence-corrected chi connectivity index (χ3v) is 2.19. The van der Waals surface area contributed by atoms with Gasteiger partial charge in [0.05, 0.1) is 0 Å².